The summed E-state index contributed by atoms with van der Waals surface area (Å²) < 4.78 is 10.3. The Kier molecular flexibility index (Phi) is 6.92. The molecule has 0 N–H and O–H groups in total. The van der Waals surface area contributed by atoms with Gasteiger partial charge in [-0.15, -0.1) is 0 Å². The summed E-state index contributed by atoms with van der Waals surface area (Å²) in [5.41, 5.74) is 2.25. The number of aryl methyl sites for hydroxylation is 1. The standard InChI is InChI=1S/C20H22O3/c1-22-19-13-10-18(11-14-19)12-15-20(21)23-16-6-5-9-17-7-3-2-4-8-17/h2-4,7-8,10-15H,5-6,9,16H2,1H3/b15-12+. The molecule has 120 valence electrons. The molecule has 2 aromatic rings. The van der Waals surface area contributed by atoms with Crippen LogP contribution in [0.15, 0.2) is 60.7 Å². The predicted octanol–water partition coefficient (Wildman–Crippen LogP) is 4.27. The molecular formula is C20H22O3. The zero-order valence-corrected chi connectivity index (χ0v) is 13.4. The summed E-state index contributed by atoms with van der Waals surface area (Å²) in [7, 11) is 1.63. The molecule has 3 nitrogen and oxygen atoms in total. The third-order valence-corrected chi connectivity index (χ3v) is 3.47. The lowest BCUT2D eigenvalue weighted by molar-refractivity contribution is -0.137. The van der Waals surface area contributed by atoms with E-state index in [1.54, 1.807) is 13.2 Å². The van der Waals surface area contributed by atoms with Gasteiger partial charge in [-0.2, -0.15) is 0 Å². The van der Waals surface area contributed by atoms with Crippen LogP contribution in [0.4, 0.5) is 0 Å². The van der Waals surface area contributed by atoms with Crippen LogP contribution in [0, 0.1) is 0 Å². The molecule has 0 bridgehead atoms. The van der Waals surface area contributed by atoms with Crippen molar-refractivity contribution in [3.63, 3.8) is 0 Å². The highest BCUT2D eigenvalue weighted by molar-refractivity contribution is 5.87. The van der Waals surface area contributed by atoms with Crippen LogP contribution in [0.1, 0.15) is 24.0 Å². The summed E-state index contributed by atoms with van der Waals surface area (Å²) in [4.78, 5) is 11.6. The molecule has 2 rings (SSSR count). The molecule has 0 fully saturated rings. The number of hydrogen-bond acceptors (Lipinski definition) is 3. The molecular weight excluding hydrogens is 288 g/mol. The largest absolute Gasteiger partial charge is 0.497 e. The van der Waals surface area contributed by atoms with Crippen molar-refractivity contribution >= 4 is 12.0 Å². The number of methoxy groups -OCH3 is 1. The highest BCUT2D eigenvalue weighted by Gasteiger charge is 1.98. The molecule has 0 aliphatic rings. The smallest absolute Gasteiger partial charge is 0.330 e. The SMILES string of the molecule is COc1ccc(/C=C/C(=O)OCCCCc2ccccc2)cc1. The van der Waals surface area contributed by atoms with E-state index in [1.165, 1.54) is 11.6 Å². The van der Waals surface area contributed by atoms with Crippen LogP contribution >= 0.6 is 0 Å². The van der Waals surface area contributed by atoms with Gasteiger partial charge in [0, 0.05) is 6.08 Å². The van der Waals surface area contributed by atoms with Gasteiger partial charge >= 0.3 is 5.97 Å². The van der Waals surface area contributed by atoms with Gasteiger partial charge in [0.25, 0.3) is 0 Å². The Morgan fingerprint density at radius 1 is 1.00 bits per heavy atom. The Bertz CT molecular complexity index is 615. The van der Waals surface area contributed by atoms with Crippen LogP contribution in [0.2, 0.25) is 0 Å². The van der Waals surface area contributed by atoms with Crippen molar-refractivity contribution < 1.29 is 14.3 Å². The molecule has 23 heavy (non-hydrogen) atoms. The second-order valence-corrected chi connectivity index (χ2v) is 5.22. The fourth-order valence-corrected chi connectivity index (χ4v) is 2.18. The molecule has 0 heterocycles. The van der Waals surface area contributed by atoms with E-state index in [0.29, 0.717) is 6.61 Å². The maximum absolute atomic E-state index is 11.6. The Labute approximate surface area is 137 Å². The average molecular weight is 310 g/mol. The van der Waals surface area contributed by atoms with E-state index in [1.807, 2.05) is 42.5 Å². The third kappa shape index (κ3) is 6.39. The third-order valence-electron chi connectivity index (χ3n) is 3.47. The van der Waals surface area contributed by atoms with Crippen LogP contribution in [0.25, 0.3) is 6.08 Å². The Morgan fingerprint density at radius 2 is 1.74 bits per heavy atom. The molecule has 2 aromatic carbocycles. The minimum atomic E-state index is -0.305. The lowest BCUT2D eigenvalue weighted by atomic mass is 10.1. The van der Waals surface area contributed by atoms with Crippen LogP contribution < -0.4 is 4.74 Å². The van der Waals surface area contributed by atoms with E-state index in [4.69, 9.17) is 9.47 Å². The van der Waals surface area contributed by atoms with Crippen molar-refractivity contribution in [1.82, 2.24) is 0 Å². The Morgan fingerprint density at radius 3 is 2.43 bits per heavy atom. The summed E-state index contributed by atoms with van der Waals surface area (Å²) in [5.74, 6) is 0.490. The molecule has 0 atom stereocenters. The number of ether oxygens (including phenoxy) is 2. The maximum atomic E-state index is 11.6. The van der Waals surface area contributed by atoms with Gasteiger partial charge in [0.05, 0.1) is 13.7 Å². The highest BCUT2D eigenvalue weighted by Crippen LogP contribution is 2.12. The second-order valence-electron chi connectivity index (χ2n) is 5.22. The van der Waals surface area contributed by atoms with Gasteiger partial charge in [0.2, 0.25) is 0 Å². The topological polar surface area (TPSA) is 35.5 Å². The van der Waals surface area contributed by atoms with Crippen LogP contribution in [0.3, 0.4) is 0 Å². The highest BCUT2D eigenvalue weighted by atomic mass is 16.5. The van der Waals surface area contributed by atoms with E-state index >= 15 is 0 Å². The first-order valence-electron chi connectivity index (χ1n) is 7.81. The van der Waals surface area contributed by atoms with Gasteiger partial charge in [-0.3, -0.25) is 0 Å². The van der Waals surface area contributed by atoms with Gasteiger partial charge in [-0.05, 0) is 48.6 Å². The molecule has 0 aromatic heterocycles. The zero-order valence-electron chi connectivity index (χ0n) is 13.4. The molecule has 0 saturated heterocycles. The average Bonchev–Trinajstić information content (AvgIpc) is 2.61. The zero-order chi connectivity index (χ0) is 16.3. The summed E-state index contributed by atoms with van der Waals surface area (Å²) in [6.07, 6.45) is 6.10. The minimum Gasteiger partial charge on any atom is -0.497 e. The number of benzene rings is 2. The number of carbonyl (C=O) groups is 1. The van der Waals surface area contributed by atoms with Crippen LogP contribution in [-0.4, -0.2) is 19.7 Å². The van der Waals surface area contributed by atoms with Crippen molar-refractivity contribution in [2.45, 2.75) is 19.3 Å². The first-order chi connectivity index (χ1) is 11.3. The molecule has 0 radical (unpaired) electrons. The van der Waals surface area contributed by atoms with Gasteiger partial charge in [0.15, 0.2) is 0 Å². The molecule has 0 saturated carbocycles. The molecule has 3 heteroatoms. The maximum Gasteiger partial charge on any atom is 0.330 e. The first kappa shape index (κ1) is 16.8. The van der Waals surface area contributed by atoms with Gasteiger partial charge in [0.1, 0.15) is 5.75 Å². The molecule has 0 spiro atoms. The molecule has 0 aliphatic heterocycles. The van der Waals surface area contributed by atoms with Crippen molar-refractivity contribution in [1.29, 1.82) is 0 Å². The van der Waals surface area contributed by atoms with E-state index in [2.05, 4.69) is 12.1 Å². The van der Waals surface area contributed by atoms with Crippen LogP contribution in [-0.2, 0) is 16.0 Å². The summed E-state index contributed by atoms with van der Waals surface area (Å²) >= 11 is 0. The van der Waals surface area contributed by atoms with Gasteiger partial charge < -0.3 is 9.47 Å². The fraction of sp³-hybridized carbons (Fsp3) is 0.250. The number of rotatable bonds is 8. The minimum absolute atomic E-state index is 0.305. The van der Waals surface area contributed by atoms with E-state index < -0.39 is 0 Å². The summed E-state index contributed by atoms with van der Waals surface area (Å²) in [6, 6.07) is 17.8. The number of esters is 1. The van der Waals surface area contributed by atoms with Crippen molar-refractivity contribution in [3.8, 4) is 5.75 Å². The van der Waals surface area contributed by atoms with Crippen molar-refractivity contribution in [3.05, 3.63) is 71.8 Å². The van der Waals surface area contributed by atoms with E-state index in [0.717, 1.165) is 30.6 Å². The lowest BCUT2D eigenvalue weighted by Crippen LogP contribution is -2.02. The van der Waals surface area contributed by atoms with Gasteiger partial charge in [-0.1, -0.05) is 42.5 Å². The number of carbonyl (C=O) groups excluding carboxylic acids is 1. The van der Waals surface area contributed by atoms with E-state index in [9.17, 15) is 4.79 Å². The monoisotopic (exact) mass is 310 g/mol. The molecule has 0 amide bonds. The normalized spacial score (nSPS) is 10.7. The Balaban J connectivity index is 1.63. The van der Waals surface area contributed by atoms with Crippen LogP contribution in [0.5, 0.6) is 5.75 Å². The molecule has 0 aliphatic carbocycles. The predicted molar refractivity (Wildman–Crippen MR) is 92.4 cm³/mol. The fourth-order valence-electron chi connectivity index (χ4n) is 2.18. The van der Waals surface area contributed by atoms with Crippen molar-refractivity contribution in [2.24, 2.45) is 0 Å². The lowest BCUT2D eigenvalue weighted by Gasteiger charge is -2.03. The number of unbranched alkanes of at least 4 members (excludes halogenated alkanes) is 1. The summed E-state index contributed by atoms with van der Waals surface area (Å²) in [5, 5.41) is 0. The first-order valence-corrected chi connectivity index (χ1v) is 7.81. The van der Waals surface area contributed by atoms with Gasteiger partial charge in [-0.25, -0.2) is 4.79 Å². The number of hydrogen-bond donors (Lipinski definition) is 0. The molecule has 0 unspecified atom stereocenters. The second kappa shape index (κ2) is 9.46. The van der Waals surface area contributed by atoms with E-state index in [-0.39, 0.29) is 5.97 Å². The quantitative estimate of drug-likeness (QED) is 0.415. The summed E-state index contributed by atoms with van der Waals surface area (Å²) in [6.45, 7) is 0.457. The Hall–Kier alpha value is -2.55. The van der Waals surface area contributed by atoms with Crippen molar-refractivity contribution in [2.75, 3.05) is 13.7 Å².